The number of benzene rings is 1. The summed E-state index contributed by atoms with van der Waals surface area (Å²) in [7, 11) is 0. The molecule has 1 saturated heterocycles. The molecule has 2 nitrogen and oxygen atoms in total. The van der Waals surface area contributed by atoms with Crippen molar-refractivity contribution >= 4 is 17.4 Å². The van der Waals surface area contributed by atoms with Gasteiger partial charge in [0.1, 0.15) is 0 Å². The Balaban J connectivity index is 1.97. The fourth-order valence-electron chi connectivity index (χ4n) is 1.95. The van der Waals surface area contributed by atoms with Crippen molar-refractivity contribution in [3.63, 3.8) is 0 Å². The van der Waals surface area contributed by atoms with Crippen LogP contribution in [0.25, 0.3) is 0 Å². The first-order valence-corrected chi connectivity index (χ1v) is 6.68. The Hall–Kier alpha value is -1.14. The normalized spacial score (nSPS) is 24.0. The Kier molecular flexibility index (Phi) is 3.74. The second-order valence-corrected chi connectivity index (χ2v) is 5.63. The Morgan fingerprint density at radius 2 is 2.19 bits per heavy atom. The maximum atomic E-state index is 8.59. The first-order chi connectivity index (χ1) is 7.79. The smallest absolute Gasteiger partial charge is 0.0669 e. The van der Waals surface area contributed by atoms with Crippen LogP contribution in [0.5, 0.6) is 0 Å². The quantitative estimate of drug-likeness (QED) is 0.870. The van der Waals surface area contributed by atoms with E-state index in [0.717, 1.165) is 5.56 Å². The molecule has 2 rings (SSSR count). The van der Waals surface area contributed by atoms with E-state index in [1.165, 1.54) is 17.9 Å². The van der Waals surface area contributed by atoms with Gasteiger partial charge in [0.25, 0.3) is 0 Å². The monoisotopic (exact) mass is 232 g/mol. The van der Waals surface area contributed by atoms with E-state index < -0.39 is 0 Å². The highest BCUT2D eigenvalue weighted by Crippen LogP contribution is 2.28. The zero-order valence-corrected chi connectivity index (χ0v) is 10.3. The van der Waals surface area contributed by atoms with Crippen molar-refractivity contribution in [1.82, 2.24) is 0 Å². The minimum absolute atomic E-state index is 0.496. The van der Waals surface area contributed by atoms with Crippen LogP contribution < -0.4 is 5.32 Å². The summed E-state index contributed by atoms with van der Waals surface area (Å²) in [6, 6.07) is 10.9. The maximum absolute atomic E-state index is 8.59. The summed E-state index contributed by atoms with van der Waals surface area (Å²) in [5.74, 6) is 1.26. The topological polar surface area (TPSA) is 35.8 Å². The molecule has 0 saturated carbocycles. The average Bonchev–Trinajstić information content (AvgIpc) is 2.68. The minimum Gasteiger partial charge on any atom is -0.381 e. The molecule has 1 N–H and O–H groups in total. The predicted octanol–water partition coefficient (Wildman–Crippen LogP) is 3.06. The lowest BCUT2D eigenvalue weighted by atomic mass is 10.1. The fourth-order valence-corrected chi connectivity index (χ4v) is 3.14. The zero-order chi connectivity index (χ0) is 11.4. The van der Waals surface area contributed by atoms with Crippen LogP contribution in [0.2, 0.25) is 0 Å². The van der Waals surface area contributed by atoms with E-state index in [1.807, 2.05) is 23.9 Å². The Labute approximate surface area is 101 Å². The standard InChI is InChI=1S/C13H16N2S/c1-10-13(7-9-16-10)15-12-4-2-11(3-5-12)6-8-14/h2-5,10,13,15H,6-7,9H2,1H3. The van der Waals surface area contributed by atoms with Crippen LogP contribution in [-0.2, 0) is 6.42 Å². The van der Waals surface area contributed by atoms with Gasteiger partial charge in [-0.3, -0.25) is 0 Å². The van der Waals surface area contributed by atoms with Gasteiger partial charge in [-0.1, -0.05) is 19.1 Å². The van der Waals surface area contributed by atoms with Crippen molar-refractivity contribution in [3.05, 3.63) is 29.8 Å². The van der Waals surface area contributed by atoms with Crippen LogP contribution in [0, 0.1) is 11.3 Å². The number of anilines is 1. The zero-order valence-electron chi connectivity index (χ0n) is 9.44. The first kappa shape index (κ1) is 11.3. The summed E-state index contributed by atoms with van der Waals surface area (Å²) < 4.78 is 0. The molecule has 16 heavy (non-hydrogen) atoms. The molecule has 1 fully saturated rings. The van der Waals surface area contributed by atoms with Crippen molar-refractivity contribution in [2.24, 2.45) is 0 Å². The number of thioether (sulfide) groups is 1. The molecule has 1 aromatic rings. The number of hydrogen-bond acceptors (Lipinski definition) is 3. The van der Waals surface area contributed by atoms with E-state index in [-0.39, 0.29) is 0 Å². The molecule has 0 aliphatic carbocycles. The van der Waals surface area contributed by atoms with Gasteiger partial charge in [-0.2, -0.15) is 17.0 Å². The Morgan fingerprint density at radius 1 is 1.44 bits per heavy atom. The van der Waals surface area contributed by atoms with Crippen LogP contribution in [0.3, 0.4) is 0 Å². The van der Waals surface area contributed by atoms with Crippen LogP contribution >= 0.6 is 11.8 Å². The highest BCUT2D eigenvalue weighted by Gasteiger charge is 2.23. The number of hydrogen-bond donors (Lipinski definition) is 1. The molecule has 1 aromatic carbocycles. The average molecular weight is 232 g/mol. The third-order valence-corrected chi connectivity index (χ3v) is 4.29. The first-order valence-electron chi connectivity index (χ1n) is 5.63. The predicted molar refractivity (Wildman–Crippen MR) is 69.7 cm³/mol. The van der Waals surface area contributed by atoms with Crippen molar-refractivity contribution in [1.29, 1.82) is 5.26 Å². The molecular formula is C13H16N2S. The van der Waals surface area contributed by atoms with Gasteiger partial charge in [-0.05, 0) is 29.9 Å². The third-order valence-electron chi connectivity index (χ3n) is 2.97. The molecule has 0 spiro atoms. The van der Waals surface area contributed by atoms with Crippen LogP contribution in [0.15, 0.2) is 24.3 Å². The summed E-state index contributed by atoms with van der Waals surface area (Å²) in [6.45, 7) is 2.28. The third kappa shape index (κ3) is 2.70. The van der Waals surface area contributed by atoms with E-state index >= 15 is 0 Å². The largest absolute Gasteiger partial charge is 0.381 e. The summed E-state index contributed by atoms with van der Waals surface area (Å²) >= 11 is 2.03. The van der Waals surface area contributed by atoms with Crippen molar-refractivity contribution in [2.75, 3.05) is 11.1 Å². The molecule has 1 aliphatic rings. The number of nitriles is 1. The van der Waals surface area contributed by atoms with Crippen molar-refractivity contribution < 1.29 is 0 Å². The van der Waals surface area contributed by atoms with Gasteiger partial charge in [0.2, 0.25) is 0 Å². The van der Waals surface area contributed by atoms with Crippen LogP contribution in [0.1, 0.15) is 18.9 Å². The van der Waals surface area contributed by atoms with Gasteiger partial charge in [0.05, 0.1) is 12.5 Å². The van der Waals surface area contributed by atoms with Gasteiger partial charge in [0.15, 0.2) is 0 Å². The molecule has 0 radical (unpaired) electrons. The summed E-state index contributed by atoms with van der Waals surface area (Å²) in [5.41, 5.74) is 2.25. The van der Waals surface area contributed by atoms with Crippen LogP contribution in [-0.4, -0.2) is 17.0 Å². The molecule has 84 valence electrons. The number of nitrogens with zero attached hydrogens (tertiary/aromatic N) is 1. The minimum atomic E-state index is 0.496. The lowest BCUT2D eigenvalue weighted by Gasteiger charge is -2.17. The maximum Gasteiger partial charge on any atom is 0.0669 e. The Bertz CT molecular complexity index is 380. The van der Waals surface area contributed by atoms with Gasteiger partial charge in [0, 0.05) is 17.0 Å². The van der Waals surface area contributed by atoms with Crippen molar-refractivity contribution in [3.8, 4) is 6.07 Å². The van der Waals surface area contributed by atoms with Gasteiger partial charge in [-0.25, -0.2) is 0 Å². The lowest BCUT2D eigenvalue weighted by molar-refractivity contribution is 0.724. The summed E-state index contributed by atoms with van der Waals surface area (Å²) in [6.07, 6.45) is 1.74. The fraction of sp³-hybridized carbons (Fsp3) is 0.462. The van der Waals surface area contributed by atoms with Crippen molar-refractivity contribution in [2.45, 2.75) is 31.1 Å². The van der Waals surface area contributed by atoms with E-state index in [0.29, 0.717) is 17.7 Å². The molecule has 1 heterocycles. The highest BCUT2D eigenvalue weighted by molar-refractivity contribution is 8.00. The molecule has 0 amide bonds. The van der Waals surface area contributed by atoms with E-state index in [1.54, 1.807) is 0 Å². The molecule has 2 atom stereocenters. The van der Waals surface area contributed by atoms with Gasteiger partial charge in [-0.15, -0.1) is 0 Å². The molecule has 0 aromatic heterocycles. The van der Waals surface area contributed by atoms with Gasteiger partial charge >= 0.3 is 0 Å². The second kappa shape index (κ2) is 5.27. The summed E-state index contributed by atoms with van der Waals surface area (Å²) in [4.78, 5) is 0. The molecular weight excluding hydrogens is 216 g/mol. The number of rotatable bonds is 3. The lowest BCUT2D eigenvalue weighted by Crippen LogP contribution is -2.24. The molecule has 1 aliphatic heterocycles. The molecule has 0 bridgehead atoms. The van der Waals surface area contributed by atoms with E-state index in [2.05, 4.69) is 30.4 Å². The second-order valence-electron chi connectivity index (χ2n) is 4.15. The Morgan fingerprint density at radius 3 is 2.75 bits per heavy atom. The van der Waals surface area contributed by atoms with E-state index in [9.17, 15) is 0 Å². The SMILES string of the molecule is CC1SCCC1Nc1ccc(CC#N)cc1. The van der Waals surface area contributed by atoms with E-state index in [4.69, 9.17) is 5.26 Å². The van der Waals surface area contributed by atoms with Gasteiger partial charge < -0.3 is 5.32 Å². The number of nitrogens with one attached hydrogen (secondary N) is 1. The molecule has 3 heteroatoms. The molecule has 2 unspecified atom stereocenters. The highest BCUT2D eigenvalue weighted by atomic mass is 32.2. The van der Waals surface area contributed by atoms with Crippen LogP contribution in [0.4, 0.5) is 5.69 Å². The summed E-state index contributed by atoms with van der Waals surface area (Å²) in [5, 5.41) is 12.8.